The number of benzene rings is 1. The zero-order chi connectivity index (χ0) is 20.1. The molecule has 8 heteroatoms. The number of amides is 1. The first-order valence-electron chi connectivity index (χ1n) is 11.0. The highest BCUT2D eigenvalue weighted by Gasteiger charge is 2.30. The average molecular weight is 527 g/mol. The van der Waals surface area contributed by atoms with Crippen LogP contribution in [0.5, 0.6) is 5.75 Å². The number of likely N-dealkylation sites (tertiary alicyclic amines) is 1. The third-order valence-electron chi connectivity index (χ3n) is 6.28. The molecule has 0 radical (unpaired) electrons. The fourth-order valence-electron chi connectivity index (χ4n) is 4.74. The monoisotopic (exact) mass is 527 g/mol. The molecule has 0 aromatic heterocycles. The predicted molar refractivity (Wildman–Crippen MR) is 131 cm³/mol. The van der Waals surface area contributed by atoms with Gasteiger partial charge in [-0.15, -0.1) is 24.0 Å². The lowest BCUT2D eigenvalue weighted by Gasteiger charge is -2.29. The van der Waals surface area contributed by atoms with Gasteiger partial charge in [0.1, 0.15) is 5.75 Å². The fourth-order valence-corrected chi connectivity index (χ4v) is 4.74. The highest BCUT2D eigenvalue weighted by molar-refractivity contribution is 14.0. The third-order valence-corrected chi connectivity index (χ3v) is 6.28. The Labute approximate surface area is 196 Å². The number of rotatable bonds is 6. The molecule has 2 fully saturated rings. The van der Waals surface area contributed by atoms with Crippen LogP contribution in [0.15, 0.2) is 29.3 Å². The van der Waals surface area contributed by atoms with E-state index in [1.54, 1.807) is 0 Å². The quantitative estimate of drug-likeness (QED) is 0.258. The maximum atomic E-state index is 12.3. The normalized spacial score (nSPS) is 22.4. The summed E-state index contributed by atoms with van der Waals surface area (Å²) in [6, 6.07) is 8.99. The van der Waals surface area contributed by atoms with Crippen LogP contribution in [0.4, 0.5) is 5.69 Å². The number of carbonyl (C=O) groups excluding carboxylic acids is 1. The number of fused-ring (bicyclic) bond motifs is 1. The van der Waals surface area contributed by atoms with Gasteiger partial charge in [0.25, 0.3) is 5.91 Å². The lowest BCUT2D eigenvalue weighted by Crippen LogP contribution is -2.46. The molecule has 1 atom stereocenters. The van der Waals surface area contributed by atoms with E-state index in [0.717, 1.165) is 42.9 Å². The molecule has 2 aliphatic heterocycles. The molecule has 0 spiro atoms. The first-order chi connectivity index (χ1) is 14.2. The van der Waals surface area contributed by atoms with Crippen LogP contribution in [0, 0.1) is 0 Å². The summed E-state index contributed by atoms with van der Waals surface area (Å²) in [5, 5.41) is 6.99. The van der Waals surface area contributed by atoms with Gasteiger partial charge in [0.2, 0.25) is 0 Å². The third kappa shape index (κ3) is 5.57. The number of carbonyl (C=O) groups is 1. The second-order valence-corrected chi connectivity index (χ2v) is 8.22. The number of halogens is 1. The van der Waals surface area contributed by atoms with Crippen molar-refractivity contribution in [1.29, 1.82) is 0 Å². The Kier molecular flexibility index (Phi) is 8.61. The van der Waals surface area contributed by atoms with E-state index in [2.05, 4.69) is 20.5 Å². The summed E-state index contributed by atoms with van der Waals surface area (Å²) in [6.07, 6.45) is 7.53. The minimum atomic E-state index is 0. The van der Waals surface area contributed by atoms with Crippen molar-refractivity contribution in [1.82, 2.24) is 15.5 Å². The number of nitrogens with one attached hydrogen (secondary N) is 2. The van der Waals surface area contributed by atoms with Crippen molar-refractivity contribution in [3.05, 3.63) is 24.3 Å². The first-order valence-corrected chi connectivity index (χ1v) is 11.0. The minimum Gasteiger partial charge on any atom is -0.482 e. The van der Waals surface area contributed by atoms with Crippen LogP contribution in [0.2, 0.25) is 0 Å². The van der Waals surface area contributed by atoms with E-state index in [-0.39, 0.29) is 36.5 Å². The first kappa shape index (κ1) is 23.1. The summed E-state index contributed by atoms with van der Waals surface area (Å²) in [5.41, 5.74) is 0.865. The van der Waals surface area contributed by atoms with Gasteiger partial charge in [-0.2, -0.15) is 0 Å². The van der Waals surface area contributed by atoms with Gasteiger partial charge in [-0.3, -0.25) is 14.7 Å². The molecular formula is C22H34IN5O2. The Bertz CT molecular complexity index is 738. The molecular weight excluding hydrogens is 493 g/mol. The minimum absolute atomic E-state index is 0. The molecule has 30 heavy (non-hydrogen) atoms. The van der Waals surface area contributed by atoms with E-state index in [4.69, 9.17) is 4.74 Å². The summed E-state index contributed by atoms with van der Waals surface area (Å²) >= 11 is 0. The summed E-state index contributed by atoms with van der Waals surface area (Å²) in [5.74, 6) is 1.66. The molecule has 1 unspecified atom stereocenters. The number of aliphatic imine (C=N–C) groups is 1. The van der Waals surface area contributed by atoms with Gasteiger partial charge in [0.05, 0.1) is 5.69 Å². The van der Waals surface area contributed by atoms with Crippen LogP contribution in [0.25, 0.3) is 0 Å². The van der Waals surface area contributed by atoms with Crippen molar-refractivity contribution in [2.24, 2.45) is 4.99 Å². The van der Waals surface area contributed by atoms with Gasteiger partial charge in [-0.25, -0.2) is 0 Å². The Morgan fingerprint density at radius 3 is 2.83 bits per heavy atom. The topological polar surface area (TPSA) is 69.2 Å². The van der Waals surface area contributed by atoms with E-state index in [0.29, 0.717) is 12.6 Å². The number of hydrogen-bond acceptors (Lipinski definition) is 4. The van der Waals surface area contributed by atoms with Crippen molar-refractivity contribution in [3.63, 3.8) is 0 Å². The van der Waals surface area contributed by atoms with Crippen molar-refractivity contribution in [3.8, 4) is 5.75 Å². The smallest absolute Gasteiger partial charge is 0.265 e. The number of guanidine groups is 1. The molecule has 1 aromatic rings. The largest absolute Gasteiger partial charge is 0.482 e. The molecule has 4 rings (SSSR count). The number of hydrogen-bond donors (Lipinski definition) is 2. The van der Waals surface area contributed by atoms with Gasteiger partial charge in [0.15, 0.2) is 12.6 Å². The molecule has 3 aliphatic rings. The van der Waals surface area contributed by atoms with Crippen LogP contribution in [0.3, 0.4) is 0 Å². The highest BCUT2D eigenvalue weighted by Crippen LogP contribution is 2.31. The molecule has 1 aliphatic carbocycles. The maximum absolute atomic E-state index is 12.3. The molecule has 1 aromatic carbocycles. The second-order valence-electron chi connectivity index (χ2n) is 8.22. The summed E-state index contributed by atoms with van der Waals surface area (Å²) in [6.45, 7) is 3.86. The molecule has 1 saturated heterocycles. The zero-order valence-electron chi connectivity index (χ0n) is 17.8. The van der Waals surface area contributed by atoms with Crippen LogP contribution >= 0.6 is 24.0 Å². The molecule has 0 bridgehead atoms. The molecule has 7 nitrogen and oxygen atoms in total. The second kappa shape index (κ2) is 11.2. The van der Waals surface area contributed by atoms with Gasteiger partial charge in [-0.05, 0) is 37.8 Å². The van der Waals surface area contributed by atoms with E-state index >= 15 is 0 Å². The molecule has 166 valence electrons. The Morgan fingerprint density at radius 2 is 2.03 bits per heavy atom. The molecule has 1 amide bonds. The zero-order valence-corrected chi connectivity index (χ0v) is 20.1. The summed E-state index contributed by atoms with van der Waals surface area (Å²) in [4.78, 5) is 21.1. The lowest BCUT2D eigenvalue weighted by atomic mass is 10.2. The van der Waals surface area contributed by atoms with E-state index in [9.17, 15) is 4.79 Å². The van der Waals surface area contributed by atoms with Crippen LogP contribution in [0.1, 0.15) is 38.5 Å². The number of anilines is 1. The van der Waals surface area contributed by atoms with Crippen molar-refractivity contribution < 1.29 is 9.53 Å². The Hall–Kier alpha value is -1.55. The van der Waals surface area contributed by atoms with Gasteiger partial charge in [-0.1, -0.05) is 25.0 Å². The predicted octanol–water partition coefficient (Wildman–Crippen LogP) is 2.60. The Balaban J connectivity index is 0.00000256. The summed E-state index contributed by atoms with van der Waals surface area (Å²) < 4.78 is 5.51. The lowest BCUT2D eigenvalue weighted by molar-refractivity contribution is -0.121. The molecule has 2 heterocycles. The summed E-state index contributed by atoms with van der Waals surface area (Å²) in [7, 11) is 1.82. The fraction of sp³-hybridized carbons (Fsp3) is 0.636. The van der Waals surface area contributed by atoms with Crippen molar-refractivity contribution >= 4 is 41.5 Å². The van der Waals surface area contributed by atoms with E-state index in [1.165, 1.54) is 38.6 Å². The van der Waals surface area contributed by atoms with Crippen LogP contribution < -0.4 is 20.3 Å². The molecule has 1 saturated carbocycles. The van der Waals surface area contributed by atoms with Gasteiger partial charge >= 0.3 is 0 Å². The maximum Gasteiger partial charge on any atom is 0.265 e. The van der Waals surface area contributed by atoms with E-state index < -0.39 is 0 Å². The number of ether oxygens (including phenoxy) is 1. The number of nitrogens with zero attached hydrogens (tertiary/aromatic N) is 3. The highest BCUT2D eigenvalue weighted by atomic mass is 127. The average Bonchev–Trinajstić information content (AvgIpc) is 3.43. The van der Waals surface area contributed by atoms with Gasteiger partial charge < -0.3 is 20.3 Å². The molecule has 2 N–H and O–H groups in total. The van der Waals surface area contributed by atoms with Crippen LogP contribution in [-0.2, 0) is 4.79 Å². The Morgan fingerprint density at radius 1 is 1.23 bits per heavy atom. The van der Waals surface area contributed by atoms with Gasteiger partial charge in [0, 0.05) is 45.3 Å². The van der Waals surface area contributed by atoms with Crippen LogP contribution in [-0.4, -0.2) is 68.7 Å². The van der Waals surface area contributed by atoms with Crippen molar-refractivity contribution in [2.75, 3.05) is 44.7 Å². The SMILES string of the molecule is CN=C(NCCCN1C(=O)COc2ccccc21)NC1CCN(C2CCCC2)C1.I. The van der Waals surface area contributed by atoms with E-state index in [1.807, 2.05) is 36.2 Å². The van der Waals surface area contributed by atoms with Crippen molar-refractivity contribution in [2.45, 2.75) is 50.6 Å². The number of para-hydroxylation sites is 2. The standard InChI is InChI=1S/C22H33N5O2.HI/c1-23-22(25-17-11-14-26(15-17)18-7-2-3-8-18)24-12-6-13-27-19-9-4-5-10-20(19)29-16-21(27)28;/h4-5,9-10,17-18H,2-3,6-8,11-16H2,1H3,(H2,23,24,25);1H.